The van der Waals surface area contributed by atoms with E-state index in [1.54, 1.807) is 6.07 Å². The molecule has 0 aromatic heterocycles. The van der Waals surface area contributed by atoms with Gasteiger partial charge in [-0.3, -0.25) is 9.52 Å². The lowest BCUT2D eigenvalue weighted by atomic mass is 10.0. The second-order valence-electron chi connectivity index (χ2n) is 6.66. The number of amides is 1. The van der Waals surface area contributed by atoms with Crippen molar-refractivity contribution < 1.29 is 17.6 Å². The van der Waals surface area contributed by atoms with E-state index in [4.69, 9.17) is 0 Å². The first kappa shape index (κ1) is 19.3. The molecule has 0 bridgehead atoms. The number of benzene rings is 2. The summed E-state index contributed by atoms with van der Waals surface area (Å²) in [7, 11) is -1.97. The maximum Gasteiger partial charge on any atom is 0.262 e. The van der Waals surface area contributed by atoms with Gasteiger partial charge in [-0.05, 0) is 63.3 Å². The van der Waals surface area contributed by atoms with Crippen molar-refractivity contribution in [1.82, 2.24) is 10.2 Å². The lowest BCUT2D eigenvalue weighted by molar-refractivity contribution is 0.0916. The third kappa shape index (κ3) is 4.84. The van der Waals surface area contributed by atoms with Crippen LogP contribution in [-0.2, 0) is 10.0 Å². The van der Waals surface area contributed by atoms with Crippen molar-refractivity contribution in [3.05, 3.63) is 59.9 Å². The third-order valence-corrected chi connectivity index (χ3v) is 5.94. The predicted molar refractivity (Wildman–Crippen MR) is 102 cm³/mol. The number of anilines is 1. The molecule has 0 aliphatic carbocycles. The molecule has 6 nitrogen and oxygen atoms in total. The molecule has 2 aromatic rings. The normalized spacial score (nSPS) is 16.1. The van der Waals surface area contributed by atoms with Gasteiger partial charge < -0.3 is 10.2 Å². The number of piperidine rings is 1. The molecule has 1 aliphatic rings. The van der Waals surface area contributed by atoms with Crippen LogP contribution >= 0.6 is 0 Å². The van der Waals surface area contributed by atoms with Gasteiger partial charge in [0.25, 0.3) is 15.9 Å². The van der Waals surface area contributed by atoms with E-state index in [0.29, 0.717) is 0 Å². The van der Waals surface area contributed by atoms with Crippen molar-refractivity contribution in [1.29, 1.82) is 0 Å². The van der Waals surface area contributed by atoms with Gasteiger partial charge in [0.05, 0.1) is 10.6 Å². The Morgan fingerprint density at radius 2 is 1.81 bits per heavy atom. The molecular formula is C19H22FN3O3S. The molecule has 0 radical (unpaired) electrons. The number of nitrogens with one attached hydrogen (secondary N) is 2. The van der Waals surface area contributed by atoms with Crippen LogP contribution in [-0.4, -0.2) is 45.4 Å². The average molecular weight is 391 g/mol. The number of halogens is 1. The molecule has 1 saturated heterocycles. The van der Waals surface area contributed by atoms with E-state index in [1.807, 2.05) is 7.05 Å². The van der Waals surface area contributed by atoms with Crippen LogP contribution in [0.15, 0.2) is 53.4 Å². The maximum atomic E-state index is 13.7. The highest BCUT2D eigenvalue weighted by atomic mass is 32.2. The Morgan fingerprint density at radius 1 is 1.11 bits per heavy atom. The molecule has 1 fully saturated rings. The van der Waals surface area contributed by atoms with E-state index in [2.05, 4.69) is 14.9 Å². The van der Waals surface area contributed by atoms with E-state index in [0.717, 1.165) is 25.9 Å². The molecule has 0 spiro atoms. The number of para-hydroxylation sites is 1. The quantitative estimate of drug-likeness (QED) is 0.821. The Labute approximate surface area is 158 Å². The minimum absolute atomic E-state index is 0.0745. The van der Waals surface area contributed by atoms with Crippen LogP contribution in [0.25, 0.3) is 0 Å². The maximum absolute atomic E-state index is 13.7. The smallest absolute Gasteiger partial charge is 0.262 e. The zero-order chi connectivity index (χ0) is 19.4. The summed E-state index contributed by atoms with van der Waals surface area (Å²) in [5, 5.41) is 2.95. The molecular weight excluding hydrogens is 369 g/mol. The summed E-state index contributed by atoms with van der Waals surface area (Å²) in [5.41, 5.74) is 0.115. The average Bonchev–Trinajstić information content (AvgIpc) is 2.65. The Balaban J connectivity index is 1.74. The minimum Gasteiger partial charge on any atom is -0.349 e. The zero-order valence-corrected chi connectivity index (χ0v) is 15.8. The molecule has 27 heavy (non-hydrogen) atoms. The summed E-state index contributed by atoms with van der Waals surface area (Å²) >= 11 is 0. The summed E-state index contributed by atoms with van der Waals surface area (Å²) < 4.78 is 41.0. The van der Waals surface area contributed by atoms with Crippen LogP contribution in [0.1, 0.15) is 23.2 Å². The summed E-state index contributed by atoms with van der Waals surface area (Å²) in [6, 6.07) is 11.3. The molecule has 3 rings (SSSR count). The van der Waals surface area contributed by atoms with Crippen LogP contribution < -0.4 is 10.0 Å². The first-order valence-electron chi connectivity index (χ1n) is 8.72. The first-order valence-corrected chi connectivity index (χ1v) is 10.2. The lowest BCUT2D eigenvalue weighted by Gasteiger charge is -2.29. The van der Waals surface area contributed by atoms with E-state index in [9.17, 15) is 17.6 Å². The molecule has 2 aromatic carbocycles. The van der Waals surface area contributed by atoms with Crippen molar-refractivity contribution >= 4 is 21.6 Å². The van der Waals surface area contributed by atoms with E-state index < -0.39 is 15.8 Å². The van der Waals surface area contributed by atoms with Crippen molar-refractivity contribution in [3.8, 4) is 0 Å². The Kier molecular flexibility index (Phi) is 5.76. The summed E-state index contributed by atoms with van der Waals surface area (Å²) in [6.07, 6.45) is 1.71. The molecule has 0 unspecified atom stereocenters. The standard InChI is InChI=1S/C19H22FN3O3S/c1-23-11-9-15(10-12-23)21-19(24)14-5-4-6-16(13-14)27(25,26)22-18-8-3-2-7-17(18)20/h2-8,13,15,22H,9-12H2,1H3,(H,21,24). The van der Waals surface area contributed by atoms with Gasteiger partial charge >= 0.3 is 0 Å². The first-order chi connectivity index (χ1) is 12.8. The zero-order valence-electron chi connectivity index (χ0n) is 15.0. The largest absolute Gasteiger partial charge is 0.349 e. The number of hydrogen-bond donors (Lipinski definition) is 2. The number of carbonyl (C=O) groups excluding carboxylic acids is 1. The fourth-order valence-corrected chi connectivity index (χ4v) is 4.09. The van der Waals surface area contributed by atoms with Gasteiger partial charge in [0.2, 0.25) is 0 Å². The third-order valence-electron chi connectivity index (χ3n) is 4.58. The number of hydrogen-bond acceptors (Lipinski definition) is 4. The predicted octanol–water partition coefficient (Wildman–Crippen LogP) is 2.45. The van der Waals surface area contributed by atoms with Crippen LogP contribution in [0.5, 0.6) is 0 Å². The molecule has 0 atom stereocenters. The van der Waals surface area contributed by atoms with E-state index in [-0.39, 0.29) is 28.1 Å². The van der Waals surface area contributed by atoms with Crippen molar-refractivity contribution in [2.24, 2.45) is 0 Å². The highest BCUT2D eigenvalue weighted by Gasteiger charge is 2.21. The molecule has 1 amide bonds. The van der Waals surface area contributed by atoms with Crippen molar-refractivity contribution in [3.63, 3.8) is 0 Å². The van der Waals surface area contributed by atoms with Crippen LogP contribution in [0.2, 0.25) is 0 Å². The van der Waals surface area contributed by atoms with E-state index >= 15 is 0 Å². The Bertz CT molecular complexity index is 925. The van der Waals surface area contributed by atoms with Gasteiger partial charge in [-0.2, -0.15) is 0 Å². The fraction of sp³-hybridized carbons (Fsp3) is 0.316. The number of sulfonamides is 1. The number of nitrogens with zero attached hydrogens (tertiary/aromatic N) is 1. The second-order valence-corrected chi connectivity index (χ2v) is 8.35. The SMILES string of the molecule is CN1CCC(NC(=O)c2cccc(S(=O)(=O)Nc3ccccc3F)c2)CC1. The van der Waals surface area contributed by atoms with Crippen LogP contribution in [0.4, 0.5) is 10.1 Å². The molecule has 1 heterocycles. The van der Waals surface area contributed by atoms with Crippen LogP contribution in [0, 0.1) is 5.82 Å². The van der Waals surface area contributed by atoms with Gasteiger partial charge in [0.1, 0.15) is 5.82 Å². The van der Waals surface area contributed by atoms with Gasteiger partial charge in [0.15, 0.2) is 0 Å². The molecule has 0 saturated carbocycles. The van der Waals surface area contributed by atoms with Gasteiger partial charge in [-0.1, -0.05) is 18.2 Å². The van der Waals surface area contributed by atoms with E-state index in [1.165, 1.54) is 42.5 Å². The summed E-state index contributed by atoms with van der Waals surface area (Å²) in [4.78, 5) is 14.6. The molecule has 1 aliphatic heterocycles. The van der Waals surface area contributed by atoms with Crippen molar-refractivity contribution in [2.45, 2.75) is 23.8 Å². The Hall–Kier alpha value is -2.45. The number of carbonyl (C=O) groups is 1. The lowest BCUT2D eigenvalue weighted by Crippen LogP contribution is -2.43. The molecule has 8 heteroatoms. The number of rotatable bonds is 5. The van der Waals surface area contributed by atoms with Gasteiger partial charge in [0, 0.05) is 11.6 Å². The minimum atomic E-state index is -4.01. The molecule has 144 valence electrons. The highest BCUT2D eigenvalue weighted by molar-refractivity contribution is 7.92. The Morgan fingerprint density at radius 3 is 2.52 bits per heavy atom. The van der Waals surface area contributed by atoms with Gasteiger partial charge in [-0.25, -0.2) is 12.8 Å². The van der Waals surface area contributed by atoms with Gasteiger partial charge in [-0.15, -0.1) is 0 Å². The highest BCUT2D eigenvalue weighted by Crippen LogP contribution is 2.20. The fourth-order valence-electron chi connectivity index (χ4n) is 2.97. The number of likely N-dealkylation sites (tertiary alicyclic amines) is 1. The van der Waals surface area contributed by atoms with Crippen molar-refractivity contribution in [2.75, 3.05) is 24.9 Å². The van der Waals surface area contributed by atoms with Crippen LogP contribution in [0.3, 0.4) is 0 Å². The summed E-state index contributed by atoms with van der Waals surface area (Å²) in [5.74, 6) is -0.982. The molecule has 2 N–H and O–H groups in total. The summed E-state index contributed by atoms with van der Waals surface area (Å²) in [6.45, 7) is 1.82. The topological polar surface area (TPSA) is 78.5 Å². The monoisotopic (exact) mass is 391 g/mol. The second kappa shape index (κ2) is 8.06.